The Morgan fingerprint density at radius 3 is 2.73 bits per heavy atom. The van der Waals surface area contributed by atoms with E-state index in [1.807, 2.05) is 24.3 Å². The topological polar surface area (TPSA) is 42.0 Å². The molecule has 0 unspecified atom stereocenters. The molecule has 22 heavy (non-hydrogen) atoms. The first-order valence-corrected chi connectivity index (χ1v) is 7.53. The summed E-state index contributed by atoms with van der Waals surface area (Å²) in [4.78, 5) is 16.3. The summed E-state index contributed by atoms with van der Waals surface area (Å²) >= 11 is 1.58. The number of carbonyl (C=O) groups is 1. The number of fused-ring (bicyclic) bond motifs is 1. The summed E-state index contributed by atoms with van der Waals surface area (Å²) in [5.41, 5.74) is 1.04. The second kappa shape index (κ2) is 6.19. The van der Waals surface area contributed by atoms with E-state index in [1.165, 1.54) is 6.07 Å². The molecule has 2 aromatic carbocycles. The van der Waals surface area contributed by atoms with Gasteiger partial charge in [-0.05, 0) is 30.3 Å². The van der Waals surface area contributed by atoms with E-state index >= 15 is 0 Å². The van der Waals surface area contributed by atoms with Crippen molar-refractivity contribution in [1.29, 1.82) is 0 Å². The molecule has 0 spiro atoms. The van der Waals surface area contributed by atoms with Gasteiger partial charge in [-0.25, -0.2) is 13.8 Å². The van der Waals surface area contributed by atoms with Crippen molar-refractivity contribution in [3.8, 4) is 0 Å². The molecule has 6 heteroatoms. The van der Waals surface area contributed by atoms with Crippen molar-refractivity contribution in [3.05, 3.63) is 64.7 Å². The van der Waals surface area contributed by atoms with Gasteiger partial charge in [-0.15, -0.1) is 11.3 Å². The van der Waals surface area contributed by atoms with Crippen LogP contribution in [0.15, 0.2) is 42.5 Å². The second-order valence-electron chi connectivity index (χ2n) is 4.71. The minimum atomic E-state index is -1.03. The zero-order valence-electron chi connectivity index (χ0n) is 11.5. The van der Waals surface area contributed by atoms with Gasteiger partial charge in [0.2, 0.25) is 0 Å². The number of rotatable bonds is 4. The molecule has 0 saturated heterocycles. The van der Waals surface area contributed by atoms with Gasteiger partial charge in [0.05, 0.1) is 15.2 Å². The molecule has 0 fully saturated rings. The Hall–Kier alpha value is -2.34. The van der Waals surface area contributed by atoms with Crippen molar-refractivity contribution in [2.75, 3.05) is 6.54 Å². The van der Waals surface area contributed by atoms with Gasteiger partial charge >= 0.3 is 0 Å². The van der Waals surface area contributed by atoms with Crippen molar-refractivity contribution in [2.24, 2.45) is 0 Å². The number of benzene rings is 2. The zero-order valence-corrected chi connectivity index (χ0v) is 12.3. The van der Waals surface area contributed by atoms with Crippen molar-refractivity contribution in [3.63, 3.8) is 0 Å². The summed E-state index contributed by atoms with van der Waals surface area (Å²) in [7, 11) is 0. The highest BCUT2D eigenvalue weighted by Crippen LogP contribution is 2.21. The highest BCUT2D eigenvalue weighted by atomic mass is 32.1. The van der Waals surface area contributed by atoms with E-state index in [0.29, 0.717) is 13.0 Å². The standard InChI is InChI=1S/C16H12F2N2OS/c17-11-6-5-10(9-12(11)18)16(21)19-8-7-15-20-13-3-1-2-4-14(13)22-15/h1-6,9H,7-8H2,(H,19,21). The van der Waals surface area contributed by atoms with E-state index in [9.17, 15) is 13.6 Å². The molecule has 3 nitrogen and oxygen atoms in total. The van der Waals surface area contributed by atoms with Crippen LogP contribution in [-0.2, 0) is 6.42 Å². The van der Waals surface area contributed by atoms with E-state index in [0.717, 1.165) is 27.4 Å². The van der Waals surface area contributed by atoms with Gasteiger partial charge in [-0.1, -0.05) is 12.1 Å². The molecule has 0 radical (unpaired) electrons. The summed E-state index contributed by atoms with van der Waals surface area (Å²) in [5, 5.41) is 3.60. The molecule has 0 aliphatic rings. The fourth-order valence-corrected chi connectivity index (χ4v) is 3.02. The summed E-state index contributed by atoms with van der Waals surface area (Å²) in [6.07, 6.45) is 0.592. The molecule has 1 amide bonds. The van der Waals surface area contributed by atoms with Crippen molar-refractivity contribution in [1.82, 2.24) is 10.3 Å². The van der Waals surface area contributed by atoms with Crippen molar-refractivity contribution >= 4 is 27.5 Å². The Kier molecular flexibility index (Phi) is 4.11. The maximum absolute atomic E-state index is 13.1. The Bertz CT molecular complexity index is 799. The number of nitrogens with zero attached hydrogens (tertiary/aromatic N) is 1. The lowest BCUT2D eigenvalue weighted by Crippen LogP contribution is -2.25. The molecular weight excluding hydrogens is 306 g/mol. The number of carbonyl (C=O) groups excluding carboxylic acids is 1. The summed E-state index contributed by atoms with van der Waals surface area (Å²) in [6.45, 7) is 0.387. The van der Waals surface area contributed by atoms with Crippen LogP contribution in [0.3, 0.4) is 0 Å². The Morgan fingerprint density at radius 2 is 1.95 bits per heavy atom. The Balaban J connectivity index is 1.60. The van der Waals surface area contributed by atoms with Crippen LogP contribution in [0.2, 0.25) is 0 Å². The van der Waals surface area contributed by atoms with E-state index in [-0.39, 0.29) is 5.56 Å². The van der Waals surface area contributed by atoms with E-state index in [2.05, 4.69) is 10.3 Å². The van der Waals surface area contributed by atoms with Gasteiger partial charge < -0.3 is 5.32 Å². The average Bonchev–Trinajstić information content (AvgIpc) is 2.92. The van der Waals surface area contributed by atoms with Crippen LogP contribution >= 0.6 is 11.3 Å². The first-order valence-electron chi connectivity index (χ1n) is 6.71. The van der Waals surface area contributed by atoms with E-state index < -0.39 is 17.5 Å². The fraction of sp³-hybridized carbons (Fsp3) is 0.125. The van der Waals surface area contributed by atoms with Crippen LogP contribution in [0.1, 0.15) is 15.4 Å². The molecule has 1 heterocycles. The molecular formula is C16H12F2N2OS. The predicted molar refractivity (Wildman–Crippen MR) is 82.0 cm³/mol. The van der Waals surface area contributed by atoms with Crippen LogP contribution in [0.25, 0.3) is 10.2 Å². The smallest absolute Gasteiger partial charge is 0.251 e. The SMILES string of the molecule is O=C(NCCc1nc2ccccc2s1)c1ccc(F)c(F)c1. The lowest BCUT2D eigenvalue weighted by Gasteiger charge is -2.04. The normalized spacial score (nSPS) is 10.8. The van der Waals surface area contributed by atoms with Crippen molar-refractivity contribution < 1.29 is 13.6 Å². The van der Waals surface area contributed by atoms with Gasteiger partial charge in [-0.3, -0.25) is 4.79 Å². The van der Waals surface area contributed by atoms with Gasteiger partial charge in [-0.2, -0.15) is 0 Å². The maximum Gasteiger partial charge on any atom is 0.251 e. The highest BCUT2D eigenvalue weighted by molar-refractivity contribution is 7.18. The maximum atomic E-state index is 13.1. The highest BCUT2D eigenvalue weighted by Gasteiger charge is 2.10. The molecule has 1 N–H and O–H groups in total. The first kappa shape index (κ1) is 14.6. The third-order valence-corrected chi connectivity index (χ3v) is 4.24. The largest absolute Gasteiger partial charge is 0.352 e. The van der Waals surface area contributed by atoms with E-state index in [1.54, 1.807) is 11.3 Å². The first-order chi connectivity index (χ1) is 10.6. The Morgan fingerprint density at radius 1 is 1.14 bits per heavy atom. The van der Waals surface area contributed by atoms with Gasteiger partial charge in [0.15, 0.2) is 11.6 Å². The number of aromatic nitrogens is 1. The molecule has 3 rings (SSSR count). The van der Waals surface area contributed by atoms with Crippen LogP contribution in [0.4, 0.5) is 8.78 Å². The third kappa shape index (κ3) is 3.12. The number of para-hydroxylation sites is 1. The average molecular weight is 318 g/mol. The number of thiazole rings is 1. The molecule has 0 saturated carbocycles. The number of amides is 1. The molecule has 112 valence electrons. The van der Waals surface area contributed by atoms with Gasteiger partial charge in [0.1, 0.15) is 0 Å². The van der Waals surface area contributed by atoms with E-state index in [4.69, 9.17) is 0 Å². The molecule has 0 atom stereocenters. The number of hydrogen-bond acceptors (Lipinski definition) is 3. The minimum Gasteiger partial charge on any atom is -0.352 e. The molecule has 0 aliphatic carbocycles. The fourth-order valence-electron chi connectivity index (χ4n) is 2.05. The lowest BCUT2D eigenvalue weighted by molar-refractivity contribution is 0.0953. The molecule has 0 aliphatic heterocycles. The number of halogens is 2. The van der Waals surface area contributed by atoms with Crippen molar-refractivity contribution in [2.45, 2.75) is 6.42 Å². The summed E-state index contributed by atoms with van der Waals surface area (Å²) in [5.74, 6) is -2.43. The quantitative estimate of drug-likeness (QED) is 0.799. The molecule has 3 aromatic rings. The Labute approximate surface area is 129 Å². The lowest BCUT2D eigenvalue weighted by atomic mass is 10.2. The molecule has 0 bridgehead atoms. The zero-order chi connectivity index (χ0) is 15.5. The predicted octanol–water partition coefficient (Wildman–Crippen LogP) is 3.55. The number of hydrogen-bond donors (Lipinski definition) is 1. The summed E-state index contributed by atoms with van der Waals surface area (Å²) < 4.78 is 27.0. The number of nitrogens with one attached hydrogen (secondary N) is 1. The van der Waals surface area contributed by atoms with Crippen LogP contribution in [0, 0.1) is 11.6 Å². The van der Waals surface area contributed by atoms with Crippen LogP contribution in [0.5, 0.6) is 0 Å². The van der Waals surface area contributed by atoms with Gasteiger partial charge in [0.25, 0.3) is 5.91 Å². The van der Waals surface area contributed by atoms with Gasteiger partial charge in [0, 0.05) is 18.5 Å². The molecule has 1 aromatic heterocycles. The monoisotopic (exact) mass is 318 g/mol. The minimum absolute atomic E-state index is 0.100. The summed E-state index contributed by atoms with van der Waals surface area (Å²) in [6, 6.07) is 10.9. The third-order valence-electron chi connectivity index (χ3n) is 3.14. The van der Waals surface area contributed by atoms with Crippen LogP contribution < -0.4 is 5.32 Å². The second-order valence-corrected chi connectivity index (χ2v) is 5.83. The van der Waals surface area contributed by atoms with Crippen LogP contribution in [-0.4, -0.2) is 17.4 Å².